The molecule has 15 heavy (non-hydrogen) atoms. The number of unbranched alkanes of at least 4 members (excludes halogenated alkanes) is 4. The molecule has 0 aliphatic rings. The van der Waals surface area contributed by atoms with Crippen LogP contribution in [0.2, 0.25) is 0 Å². The Hall–Kier alpha value is -0.180. The van der Waals surface area contributed by atoms with Crippen LogP contribution in [0.1, 0.15) is 65.7 Å². The first kappa shape index (κ1) is 17.2. The summed E-state index contributed by atoms with van der Waals surface area (Å²) in [7, 11) is 0. The van der Waals surface area contributed by atoms with Crippen molar-refractivity contribution in [2.45, 2.75) is 71.9 Å². The van der Waals surface area contributed by atoms with Gasteiger partial charge in [0.2, 0.25) is 0 Å². The molecule has 0 rings (SSSR count). The van der Waals surface area contributed by atoms with Gasteiger partial charge in [-0.2, -0.15) is 5.54 Å². The van der Waals surface area contributed by atoms with E-state index in [0.717, 1.165) is 32.1 Å². The maximum absolute atomic E-state index is 11.9. The summed E-state index contributed by atoms with van der Waals surface area (Å²) in [5.41, 5.74) is 1.63. The first-order valence-electron chi connectivity index (χ1n) is 6.16. The molecule has 0 aromatic heterocycles. The Kier molecular flexibility index (Phi) is 18.7. The van der Waals surface area contributed by atoms with Crippen LogP contribution in [0.5, 0.6) is 0 Å². The van der Waals surface area contributed by atoms with E-state index in [1.165, 1.54) is 12.8 Å². The second-order valence-electron chi connectivity index (χ2n) is 3.87. The molecule has 3 heteroatoms. The molecule has 0 radical (unpaired) electrons. The van der Waals surface area contributed by atoms with Crippen LogP contribution >= 0.6 is 0 Å². The van der Waals surface area contributed by atoms with Gasteiger partial charge in [0.05, 0.1) is 6.17 Å². The summed E-state index contributed by atoms with van der Waals surface area (Å²) in [6, 6.07) is 0. The van der Waals surface area contributed by atoms with Crippen LogP contribution in [-0.4, -0.2) is 12.7 Å². The van der Waals surface area contributed by atoms with Crippen molar-refractivity contribution in [1.29, 1.82) is 0 Å². The molecule has 0 heterocycles. The van der Waals surface area contributed by atoms with Crippen molar-refractivity contribution < 1.29 is 8.87 Å². The molecule has 0 saturated carbocycles. The van der Waals surface area contributed by atoms with E-state index in [1.54, 1.807) is 12.5 Å². The highest BCUT2D eigenvalue weighted by atomic mass is 19.2. The lowest BCUT2D eigenvalue weighted by atomic mass is 10.2. The molecule has 0 spiro atoms. The standard InChI is InChI=1S/C6H14FN.C6H13F/c1-2-3-4-5-6-8-7;1-3-4-5-6(2)7/h8H,2-6H2,1H3;6H,3-5H2,1-2H3. The molecule has 1 atom stereocenters. The zero-order chi connectivity index (χ0) is 11.9. The van der Waals surface area contributed by atoms with Crippen LogP contribution in [0.25, 0.3) is 0 Å². The van der Waals surface area contributed by atoms with E-state index < -0.39 is 6.17 Å². The van der Waals surface area contributed by atoms with E-state index in [4.69, 9.17) is 0 Å². The fourth-order valence-electron chi connectivity index (χ4n) is 1.10. The first-order valence-corrected chi connectivity index (χ1v) is 6.16. The van der Waals surface area contributed by atoms with E-state index in [9.17, 15) is 8.87 Å². The largest absolute Gasteiger partial charge is 0.248 e. The third kappa shape index (κ3) is 24.8. The fourth-order valence-corrected chi connectivity index (χ4v) is 1.10. The third-order valence-electron chi connectivity index (χ3n) is 2.08. The van der Waals surface area contributed by atoms with Crippen molar-refractivity contribution in [3.63, 3.8) is 0 Å². The maximum Gasteiger partial charge on any atom is 0.0973 e. The van der Waals surface area contributed by atoms with Crippen LogP contribution in [0.3, 0.4) is 0 Å². The number of rotatable bonds is 8. The summed E-state index contributed by atoms with van der Waals surface area (Å²) < 4.78 is 23.1. The van der Waals surface area contributed by atoms with Gasteiger partial charge in [-0.25, -0.2) is 4.39 Å². The highest BCUT2D eigenvalue weighted by Crippen LogP contribution is 2.01. The molecule has 0 fully saturated rings. The lowest BCUT2D eigenvalue weighted by molar-refractivity contribution is 0.328. The first-order chi connectivity index (χ1) is 7.18. The molecule has 0 aromatic carbocycles. The summed E-state index contributed by atoms with van der Waals surface area (Å²) in [4.78, 5) is 0. The van der Waals surface area contributed by atoms with Crippen LogP contribution < -0.4 is 5.54 Å². The summed E-state index contributed by atoms with van der Waals surface area (Å²) in [5, 5.41) is 0. The molecule has 94 valence electrons. The van der Waals surface area contributed by atoms with Gasteiger partial charge in [0.25, 0.3) is 0 Å². The van der Waals surface area contributed by atoms with Crippen molar-refractivity contribution in [3.8, 4) is 0 Å². The molecule has 0 aliphatic carbocycles. The number of halogens is 2. The minimum atomic E-state index is -0.597. The molecule has 1 unspecified atom stereocenters. The van der Waals surface area contributed by atoms with Gasteiger partial charge >= 0.3 is 0 Å². The second-order valence-corrected chi connectivity index (χ2v) is 3.87. The van der Waals surface area contributed by atoms with Crippen molar-refractivity contribution in [1.82, 2.24) is 5.54 Å². The van der Waals surface area contributed by atoms with Gasteiger partial charge in [0.1, 0.15) is 0 Å². The molecule has 0 amide bonds. The monoisotopic (exact) mass is 223 g/mol. The molecule has 1 nitrogen and oxygen atoms in total. The second kappa shape index (κ2) is 16.3. The lowest BCUT2D eigenvalue weighted by Gasteiger charge is -1.95. The quantitative estimate of drug-likeness (QED) is 0.469. The van der Waals surface area contributed by atoms with Gasteiger partial charge in [0.15, 0.2) is 0 Å². The molecule has 0 aromatic rings. The zero-order valence-electron chi connectivity index (χ0n) is 10.5. The van der Waals surface area contributed by atoms with Crippen molar-refractivity contribution in [2.75, 3.05) is 6.54 Å². The van der Waals surface area contributed by atoms with Gasteiger partial charge in [-0.3, -0.25) is 0 Å². The third-order valence-corrected chi connectivity index (χ3v) is 2.08. The highest BCUT2D eigenvalue weighted by Gasteiger charge is 1.93. The topological polar surface area (TPSA) is 12.0 Å². The predicted molar refractivity (Wildman–Crippen MR) is 63.3 cm³/mol. The number of hydrogen-bond acceptors (Lipinski definition) is 1. The molecular formula is C12H27F2N. The molecule has 0 bridgehead atoms. The van der Waals surface area contributed by atoms with E-state index in [-0.39, 0.29) is 0 Å². The predicted octanol–water partition coefficient (Wildman–Crippen LogP) is 4.58. The Morgan fingerprint density at radius 2 is 1.60 bits per heavy atom. The Balaban J connectivity index is 0. The fraction of sp³-hybridized carbons (Fsp3) is 1.00. The van der Waals surface area contributed by atoms with Gasteiger partial charge in [-0.05, 0) is 19.8 Å². The van der Waals surface area contributed by atoms with Crippen LogP contribution in [0.4, 0.5) is 8.87 Å². The molecule has 1 N–H and O–H groups in total. The smallest absolute Gasteiger partial charge is 0.0973 e. The SMILES string of the molecule is CCCCC(C)F.CCCCCCNF. The van der Waals surface area contributed by atoms with Gasteiger partial charge in [-0.1, -0.05) is 46.0 Å². The summed E-state index contributed by atoms with van der Waals surface area (Å²) in [6.45, 7) is 6.33. The van der Waals surface area contributed by atoms with Crippen LogP contribution in [0.15, 0.2) is 0 Å². The minimum absolute atomic E-state index is 0.514. The number of nitrogens with one attached hydrogen (secondary N) is 1. The molecule has 0 saturated heterocycles. The Morgan fingerprint density at radius 1 is 1.00 bits per heavy atom. The molecule has 0 aliphatic heterocycles. The van der Waals surface area contributed by atoms with Gasteiger partial charge in [-0.15, -0.1) is 4.48 Å². The number of alkyl halides is 1. The Labute approximate surface area is 93.6 Å². The number of hydrogen-bond donors (Lipinski definition) is 1. The maximum atomic E-state index is 11.9. The van der Waals surface area contributed by atoms with Gasteiger partial charge in [0, 0.05) is 6.54 Å². The highest BCUT2D eigenvalue weighted by molar-refractivity contribution is 4.44. The summed E-state index contributed by atoms with van der Waals surface area (Å²) >= 11 is 0. The van der Waals surface area contributed by atoms with E-state index in [2.05, 4.69) is 13.8 Å². The summed E-state index contributed by atoms with van der Waals surface area (Å²) in [5.74, 6) is 0. The zero-order valence-corrected chi connectivity index (χ0v) is 10.5. The Morgan fingerprint density at radius 3 is 1.93 bits per heavy atom. The van der Waals surface area contributed by atoms with Crippen molar-refractivity contribution >= 4 is 0 Å². The van der Waals surface area contributed by atoms with E-state index in [1.807, 2.05) is 0 Å². The average Bonchev–Trinajstić information content (AvgIpc) is 2.22. The average molecular weight is 223 g/mol. The Bertz CT molecular complexity index is 91.6. The van der Waals surface area contributed by atoms with E-state index >= 15 is 0 Å². The van der Waals surface area contributed by atoms with E-state index in [0.29, 0.717) is 6.54 Å². The van der Waals surface area contributed by atoms with Crippen molar-refractivity contribution in [2.24, 2.45) is 0 Å². The molecular weight excluding hydrogens is 196 g/mol. The minimum Gasteiger partial charge on any atom is -0.248 e. The van der Waals surface area contributed by atoms with Crippen LogP contribution in [0, 0.1) is 0 Å². The normalized spacial score (nSPS) is 11.8. The van der Waals surface area contributed by atoms with Crippen LogP contribution in [-0.2, 0) is 0 Å². The van der Waals surface area contributed by atoms with Gasteiger partial charge < -0.3 is 0 Å². The lowest BCUT2D eigenvalue weighted by Crippen LogP contribution is -2.01. The van der Waals surface area contributed by atoms with Crippen molar-refractivity contribution in [3.05, 3.63) is 0 Å². The summed E-state index contributed by atoms with van der Waals surface area (Å²) in [6.07, 6.45) is 6.81.